The molecule has 2 aromatic rings. The van der Waals surface area contributed by atoms with E-state index in [2.05, 4.69) is 34.6 Å². The second-order valence-electron chi connectivity index (χ2n) is 6.33. The molecule has 0 bridgehead atoms. The number of guanidine groups is 1. The minimum absolute atomic E-state index is 0.201. The van der Waals surface area contributed by atoms with E-state index in [1.165, 1.54) is 23.4 Å². The number of nitrogens with zero attached hydrogens (tertiary/aromatic N) is 3. The molecular weight excluding hydrogens is 333 g/mol. The van der Waals surface area contributed by atoms with E-state index in [1.54, 1.807) is 19.2 Å². The van der Waals surface area contributed by atoms with Crippen molar-refractivity contribution in [3.8, 4) is 5.75 Å². The molecule has 0 spiro atoms. The molecule has 1 atom stereocenters. The van der Waals surface area contributed by atoms with E-state index in [1.807, 2.05) is 18.7 Å². The largest absolute Gasteiger partial charge is 0.492 e. The normalized spacial score (nSPS) is 12.8. The number of aromatic nitrogens is 2. The zero-order valence-corrected chi connectivity index (χ0v) is 16.1. The highest BCUT2D eigenvalue weighted by atomic mass is 19.1. The summed E-state index contributed by atoms with van der Waals surface area (Å²) in [5, 5.41) is 11.0. The Morgan fingerprint density at radius 2 is 2.15 bits per heavy atom. The van der Waals surface area contributed by atoms with E-state index in [0.29, 0.717) is 24.9 Å². The van der Waals surface area contributed by atoms with Gasteiger partial charge in [0, 0.05) is 31.9 Å². The van der Waals surface area contributed by atoms with Crippen LogP contribution in [-0.4, -0.2) is 42.0 Å². The molecule has 1 aromatic heterocycles. The zero-order valence-electron chi connectivity index (χ0n) is 16.1. The summed E-state index contributed by atoms with van der Waals surface area (Å²) >= 11 is 0. The van der Waals surface area contributed by atoms with Crippen LogP contribution in [0.25, 0.3) is 0 Å². The first-order chi connectivity index (χ1) is 12.4. The number of rotatable bonds is 7. The van der Waals surface area contributed by atoms with Gasteiger partial charge in [-0.1, -0.05) is 6.07 Å². The van der Waals surface area contributed by atoms with Crippen LogP contribution in [0.1, 0.15) is 23.9 Å². The first-order valence-electron chi connectivity index (χ1n) is 8.75. The predicted molar refractivity (Wildman–Crippen MR) is 102 cm³/mol. The van der Waals surface area contributed by atoms with Crippen molar-refractivity contribution in [2.24, 2.45) is 12.0 Å². The zero-order chi connectivity index (χ0) is 19.1. The molecule has 0 fully saturated rings. The third-order valence-electron chi connectivity index (χ3n) is 4.24. The highest BCUT2D eigenvalue weighted by Gasteiger charge is 2.13. The number of benzene rings is 1. The van der Waals surface area contributed by atoms with Gasteiger partial charge in [0.05, 0.1) is 12.2 Å². The van der Waals surface area contributed by atoms with Crippen LogP contribution in [0.3, 0.4) is 0 Å². The van der Waals surface area contributed by atoms with Crippen LogP contribution >= 0.6 is 0 Å². The van der Waals surface area contributed by atoms with Crippen molar-refractivity contribution in [2.75, 3.05) is 20.2 Å². The molecule has 2 rings (SSSR count). The quantitative estimate of drug-likeness (QED) is 0.451. The summed E-state index contributed by atoms with van der Waals surface area (Å²) in [7, 11) is 3.69. The van der Waals surface area contributed by atoms with Gasteiger partial charge >= 0.3 is 0 Å². The van der Waals surface area contributed by atoms with E-state index >= 15 is 0 Å². The Morgan fingerprint density at radius 3 is 2.77 bits per heavy atom. The van der Waals surface area contributed by atoms with Gasteiger partial charge in [0.1, 0.15) is 18.2 Å². The molecule has 6 nitrogen and oxygen atoms in total. The molecular formula is C19H28FN5O. The number of nitrogens with one attached hydrogen (secondary N) is 2. The molecule has 1 unspecified atom stereocenters. The van der Waals surface area contributed by atoms with Crippen molar-refractivity contribution in [1.82, 2.24) is 20.4 Å². The summed E-state index contributed by atoms with van der Waals surface area (Å²) in [5.41, 5.74) is 3.50. The van der Waals surface area contributed by atoms with Gasteiger partial charge in [-0.15, -0.1) is 0 Å². The number of halogens is 1. The van der Waals surface area contributed by atoms with Gasteiger partial charge in [-0.2, -0.15) is 5.10 Å². The molecule has 26 heavy (non-hydrogen) atoms. The van der Waals surface area contributed by atoms with Crippen molar-refractivity contribution >= 4 is 5.96 Å². The molecule has 2 N–H and O–H groups in total. The Bertz CT molecular complexity index is 756. The Morgan fingerprint density at radius 1 is 1.38 bits per heavy atom. The molecule has 0 aliphatic rings. The summed E-state index contributed by atoms with van der Waals surface area (Å²) in [6, 6.07) is 6.32. The minimum atomic E-state index is -0.303. The van der Waals surface area contributed by atoms with Gasteiger partial charge in [0.2, 0.25) is 0 Å². The summed E-state index contributed by atoms with van der Waals surface area (Å²) < 4.78 is 20.5. The highest BCUT2D eigenvalue weighted by Crippen LogP contribution is 2.14. The van der Waals surface area contributed by atoms with Crippen LogP contribution in [0, 0.1) is 19.7 Å². The van der Waals surface area contributed by atoms with Gasteiger partial charge in [-0.05, 0) is 44.9 Å². The number of aryl methyl sites for hydroxylation is 2. The molecule has 0 saturated heterocycles. The average Bonchev–Trinajstić information content (AvgIpc) is 2.84. The summed E-state index contributed by atoms with van der Waals surface area (Å²) in [4.78, 5) is 4.24. The van der Waals surface area contributed by atoms with E-state index in [9.17, 15) is 4.39 Å². The van der Waals surface area contributed by atoms with Crippen LogP contribution in [-0.2, 0) is 13.5 Å². The van der Waals surface area contributed by atoms with Crippen molar-refractivity contribution in [3.63, 3.8) is 0 Å². The smallest absolute Gasteiger partial charge is 0.191 e. The SMILES string of the molecule is CN=C(NCCOc1cccc(F)c1)NC(C)Cc1c(C)nn(C)c1C. The Labute approximate surface area is 154 Å². The Hall–Kier alpha value is -2.57. The second-order valence-corrected chi connectivity index (χ2v) is 6.33. The maximum atomic E-state index is 13.1. The standard InChI is InChI=1S/C19H28FN5O/c1-13(11-18-14(2)24-25(5)15(18)3)23-19(21-4)22-9-10-26-17-8-6-7-16(20)12-17/h6-8,12-13H,9-11H2,1-5H3,(H2,21,22,23). The van der Waals surface area contributed by atoms with Crippen molar-refractivity contribution in [3.05, 3.63) is 47.0 Å². The van der Waals surface area contributed by atoms with Crippen molar-refractivity contribution in [2.45, 2.75) is 33.2 Å². The van der Waals surface area contributed by atoms with Crippen molar-refractivity contribution < 1.29 is 9.13 Å². The third-order valence-corrected chi connectivity index (χ3v) is 4.24. The molecule has 0 saturated carbocycles. The van der Waals surface area contributed by atoms with Crippen LogP contribution < -0.4 is 15.4 Å². The van der Waals surface area contributed by atoms with Gasteiger partial charge in [-0.25, -0.2) is 4.39 Å². The molecule has 142 valence electrons. The van der Waals surface area contributed by atoms with E-state index < -0.39 is 0 Å². The Kier molecular flexibility index (Phi) is 7.00. The molecule has 1 aromatic carbocycles. The van der Waals surface area contributed by atoms with Gasteiger partial charge in [0.25, 0.3) is 0 Å². The summed E-state index contributed by atoms with van der Waals surface area (Å²) in [5.74, 6) is 0.924. The van der Waals surface area contributed by atoms with Gasteiger partial charge in [0.15, 0.2) is 5.96 Å². The molecule has 0 amide bonds. The fraction of sp³-hybridized carbons (Fsp3) is 0.474. The first kappa shape index (κ1) is 19.8. The maximum Gasteiger partial charge on any atom is 0.191 e. The fourth-order valence-corrected chi connectivity index (χ4v) is 2.79. The lowest BCUT2D eigenvalue weighted by atomic mass is 10.1. The second kappa shape index (κ2) is 9.22. The number of ether oxygens (including phenoxy) is 1. The predicted octanol–water partition coefficient (Wildman–Crippen LogP) is 2.35. The van der Waals surface area contributed by atoms with Crippen LogP contribution in [0.4, 0.5) is 4.39 Å². The minimum Gasteiger partial charge on any atom is -0.492 e. The van der Waals surface area contributed by atoms with E-state index in [0.717, 1.165) is 12.1 Å². The average molecular weight is 361 g/mol. The van der Waals surface area contributed by atoms with Crippen LogP contribution in [0.5, 0.6) is 5.75 Å². The van der Waals surface area contributed by atoms with Crippen LogP contribution in [0.15, 0.2) is 29.3 Å². The molecule has 0 aliphatic carbocycles. The lowest BCUT2D eigenvalue weighted by Gasteiger charge is -2.18. The number of hydrogen-bond donors (Lipinski definition) is 2. The van der Waals surface area contributed by atoms with E-state index in [-0.39, 0.29) is 11.9 Å². The fourth-order valence-electron chi connectivity index (χ4n) is 2.79. The van der Waals surface area contributed by atoms with Gasteiger partial charge in [-0.3, -0.25) is 9.67 Å². The molecule has 7 heteroatoms. The topological polar surface area (TPSA) is 63.5 Å². The maximum absolute atomic E-state index is 13.1. The Balaban J connectivity index is 1.78. The molecule has 0 aliphatic heterocycles. The summed E-state index contributed by atoms with van der Waals surface area (Å²) in [6.07, 6.45) is 0.867. The molecule has 1 heterocycles. The third kappa shape index (κ3) is 5.47. The lowest BCUT2D eigenvalue weighted by Crippen LogP contribution is -2.44. The van der Waals surface area contributed by atoms with Gasteiger partial charge < -0.3 is 15.4 Å². The van der Waals surface area contributed by atoms with Crippen LogP contribution in [0.2, 0.25) is 0 Å². The van der Waals surface area contributed by atoms with E-state index in [4.69, 9.17) is 4.74 Å². The monoisotopic (exact) mass is 361 g/mol. The lowest BCUT2D eigenvalue weighted by molar-refractivity contribution is 0.320. The number of hydrogen-bond acceptors (Lipinski definition) is 3. The first-order valence-corrected chi connectivity index (χ1v) is 8.75. The summed E-state index contributed by atoms with van der Waals surface area (Å²) in [6.45, 7) is 7.21. The van der Waals surface area contributed by atoms with Crippen molar-refractivity contribution in [1.29, 1.82) is 0 Å². The number of aliphatic imine (C=N–C) groups is 1. The molecule has 0 radical (unpaired) electrons. The highest BCUT2D eigenvalue weighted by molar-refractivity contribution is 5.79.